The molecule has 1 N–H and O–H groups in total. The Morgan fingerprint density at radius 3 is 2.55 bits per heavy atom. The molecule has 0 aliphatic heterocycles. The molecule has 3 amide bonds. The highest BCUT2D eigenvalue weighted by Gasteiger charge is 2.08. The molecule has 0 fully saturated rings. The number of rotatable bonds is 1. The van der Waals surface area contributed by atoms with Gasteiger partial charge in [-0.3, -0.25) is 0 Å². The van der Waals surface area contributed by atoms with Crippen LogP contribution in [0.25, 0.3) is 0 Å². The third-order valence-electron chi connectivity index (χ3n) is 0.831. The van der Waals surface area contributed by atoms with E-state index in [2.05, 4.69) is 11.8 Å². The van der Waals surface area contributed by atoms with E-state index in [1.54, 1.807) is 6.92 Å². The Morgan fingerprint density at radius 1 is 1.64 bits per heavy atom. The molecule has 0 heterocycles. The van der Waals surface area contributed by atoms with E-state index in [1.165, 1.54) is 7.05 Å². The maximum Gasteiger partial charge on any atom is 0.415 e. The van der Waals surface area contributed by atoms with Crippen LogP contribution < -0.4 is 5.32 Å². The molecule has 0 bridgehead atoms. The fourth-order valence-corrected chi connectivity index (χ4v) is 0.350. The molecular weight excluding hydrogens is 148 g/mol. The van der Waals surface area contributed by atoms with Crippen molar-refractivity contribution >= 4 is 12.1 Å². The molecule has 0 aromatic heterocycles. The lowest BCUT2D eigenvalue weighted by molar-refractivity contribution is 0.150. The smallest absolute Gasteiger partial charge is 0.415 e. The molecule has 0 aromatic carbocycles. The zero-order valence-electron chi connectivity index (χ0n) is 6.59. The van der Waals surface area contributed by atoms with E-state index in [0.717, 1.165) is 4.90 Å². The highest BCUT2D eigenvalue weighted by atomic mass is 16.5. The number of nitrogens with one attached hydrogen (secondary N) is 1. The van der Waals surface area contributed by atoms with Crippen molar-refractivity contribution in [3.63, 3.8) is 0 Å². The molecule has 0 atom stereocenters. The average Bonchev–Trinajstić information content (AvgIpc) is 1.87. The third-order valence-corrected chi connectivity index (χ3v) is 0.831. The predicted molar refractivity (Wildman–Crippen MR) is 38.7 cm³/mol. The number of carbonyl (C=O) groups is 2. The molecule has 5 nitrogen and oxygen atoms in total. The Labute approximate surface area is 65.3 Å². The first kappa shape index (κ1) is 9.74. The molecule has 0 saturated carbocycles. The summed E-state index contributed by atoms with van der Waals surface area (Å²) < 4.78 is 4.44. The quantitative estimate of drug-likeness (QED) is 0.608. The molecule has 63 valence electrons. The highest BCUT2D eigenvalue weighted by Crippen LogP contribution is 1.81. The Bertz CT molecular complexity index is 156. The van der Waals surface area contributed by atoms with Gasteiger partial charge in [0, 0.05) is 14.1 Å². The first-order valence-electron chi connectivity index (χ1n) is 3.10. The second-order valence-electron chi connectivity index (χ2n) is 1.85. The van der Waals surface area contributed by atoms with Gasteiger partial charge in [-0.1, -0.05) is 0 Å². The fourth-order valence-electron chi connectivity index (χ4n) is 0.350. The van der Waals surface area contributed by atoms with Crippen molar-refractivity contribution in [1.29, 1.82) is 0 Å². The molecule has 0 aliphatic rings. The second kappa shape index (κ2) is 4.54. The SMILES string of the molecule is [CH2]N(C)C(=O)NC(=O)OCC. The van der Waals surface area contributed by atoms with Gasteiger partial charge < -0.3 is 9.64 Å². The van der Waals surface area contributed by atoms with E-state index in [0.29, 0.717) is 0 Å². The van der Waals surface area contributed by atoms with E-state index in [-0.39, 0.29) is 6.61 Å². The van der Waals surface area contributed by atoms with Gasteiger partial charge >= 0.3 is 12.1 Å². The van der Waals surface area contributed by atoms with Gasteiger partial charge in [0.2, 0.25) is 0 Å². The summed E-state index contributed by atoms with van der Waals surface area (Å²) in [7, 11) is 4.69. The number of nitrogens with zero attached hydrogens (tertiary/aromatic N) is 1. The van der Waals surface area contributed by atoms with Crippen LogP contribution in [-0.4, -0.2) is 30.7 Å². The van der Waals surface area contributed by atoms with Crippen LogP contribution in [0.1, 0.15) is 6.92 Å². The summed E-state index contributed by atoms with van der Waals surface area (Å²) in [6.45, 7) is 1.89. The number of hydrogen-bond acceptors (Lipinski definition) is 3. The number of hydrogen-bond donors (Lipinski definition) is 1. The first-order valence-corrected chi connectivity index (χ1v) is 3.10. The van der Waals surface area contributed by atoms with Crippen LogP contribution in [0, 0.1) is 7.05 Å². The van der Waals surface area contributed by atoms with Crippen molar-refractivity contribution in [2.45, 2.75) is 6.92 Å². The largest absolute Gasteiger partial charge is 0.450 e. The predicted octanol–water partition coefficient (Wildman–Crippen LogP) is 0.576. The third kappa shape index (κ3) is 4.19. The van der Waals surface area contributed by atoms with E-state index in [9.17, 15) is 9.59 Å². The van der Waals surface area contributed by atoms with Crippen molar-refractivity contribution in [1.82, 2.24) is 10.2 Å². The van der Waals surface area contributed by atoms with Crippen LogP contribution in [0.4, 0.5) is 9.59 Å². The molecule has 0 aromatic rings. The summed E-state index contributed by atoms with van der Waals surface area (Å²) in [6, 6.07) is -0.594. The molecule has 0 unspecified atom stereocenters. The maximum absolute atomic E-state index is 10.7. The van der Waals surface area contributed by atoms with E-state index in [1.807, 2.05) is 5.32 Å². The lowest BCUT2D eigenvalue weighted by Gasteiger charge is -2.09. The Balaban J connectivity index is 3.67. The number of alkyl carbamates (subject to hydrolysis) is 1. The number of imide groups is 1. The standard InChI is InChI=1S/C6H11N2O3/c1-4-11-6(10)7-5(9)8(2)3/h2,4H2,1,3H3,(H,7,9,10). The molecule has 11 heavy (non-hydrogen) atoms. The number of carbonyl (C=O) groups excluding carboxylic acids is 2. The summed E-state index contributed by atoms with van der Waals surface area (Å²) in [6.07, 6.45) is -0.756. The molecule has 1 radical (unpaired) electrons. The molecule has 5 heteroatoms. The zero-order chi connectivity index (χ0) is 8.85. The molecule has 0 aliphatic carbocycles. The number of amides is 3. The Hall–Kier alpha value is -1.26. The monoisotopic (exact) mass is 159 g/mol. The van der Waals surface area contributed by atoms with Crippen LogP contribution in [0.15, 0.2) is 0 Å². The zero-order valence-corrected chi connectivity index (χ0v) is 6.59. The highest BCUT2D eigenvalue weighted by molar-refractivity contribution is 5.90. The second-order valence-corrected chi connectivity index (χ2v) is 1.85. The van der Waals surface area contributed by atoms with Crippen molar-refractivity contribution in [2.24, 2.45) is 0 Å². The lowest BCUT2D eigenvalue weighted by atomic mass is 10.8. The Kier molecular flexibility index (Phi) is 4.02. The van der Waals surface area contributed by atoms with Gasteiger partial charge in [0.15, 0.2) is 0 Å². The average molecular weight is 159 g/mol. The van der Waals surface area contributed by atoms with Gasteiger partial charge in [-0.25, -0.2) is 14.9 Å². The maximum atomic E-state index is 10.7. The molecule has 0 spiro atoms. The Morgan fingerprint density at radius 2 is 2.18 bits per heavy atom. The number of urea groups is 1. The van der Waals surface area contributed by atoms with Crippen LogP contribution in [0.3, 0.4) is 0 Å². The van der Waals surface area contributed by atoms with Crippen molar-refractivity contribution in [2.75, 3.05) is 13.7 Å². The first-order chi connectivity index (χ1) is 5.07. The summed E-state index contributed by atoms with van der Waals surface area (Å²) in [5.74, 6) is 0. The van der Waals surface area contributed by atoms with Crippen molar-refractivity contribution < 1.29 is 14.3 Å². The van der Waals surface area contributed by atoms with Crippen LogP contribution >= 0.6 is 0 Å². The van der Waals surface area contributed by atoms with Crippen LogP contribution in [0.2, 0.25) is 0 Å². The lowest BCUT2D eigenvalue weighted by Crippen LogP contribution is -2.37. The normalized spacial score (nSPS) is 8.64. The minimum absolute atomic E-state index is 0.236. The van der Waals surface area contributed by atoms with Gasteiger partial charge in [-0.05, 0) is 6.92 Å². The van der Waals surface area contributed by atoms with Crippen molar-refractivity contribution in [3.8, 4) is 0 Å². The van der Waals surface area contributed by atoms with Crippen molar-refractivity contribution in [3.05, 3.63) is 7.05 Å². The summed E-state index contributed by atoms with van der Waals surface area (Å²) in [5.41, 5.74) is 0. The van der Waals surface area contributed by atoms with Crippen LogP contribution in [-0.2, 0) is 4.74 Å². The van der Waals surface area contributed by atoms with Crippen LogP contribution in [0.5, 0.6) is 0 Å². The van der Waals surface area contributed by atoms with Gasteiger partial charge in [-0.15, -0.1) is 0 Å². The van der Waals surface area contributed by atoms with E-state index < -0.39 is 12.1 Å². The fraction of sp³-hybridized carbons (Fsp3) is 0.500. The summed E-state index contributed by atoms with van der Waals surface area (Å²) in [5, 5.41) is 1.94. The molecular formula is C6H11N2O3. The number of ether oxygens (including phenoxy) is 1. The minimum Gasteiger partial charge on any atom is -0.450 e. The summed E-state index contributed by atoms with van der Waals surface area (Å²) in [4.78, 5) is 22.2. The van der Waals surface area contributed by atoms with Gasteiger partial charge in [0.05, 0.1) is 6.61 Å². The molecule has 0 rings (SSSR count). The van der Waals surface area contributed by atoms with Gasteiger partial charge in [0.1, 0.15) is 0 Å². The van der Waals surface area contributed by atoms with E-state index in [4.69, 9.17) is 0 Å². The topological polar surface area (TPSA) is 58.6 Å². The molecule has 0 saturated heterocycles. The van der Waals surface area contributed by atoms with Gasteiger partial charge in [0.25, 0.3) is 0 Å². The summed E-state index contributed by atoms with van der Waals surface area (Å²) >= 11 is 0. The van der Waals surface area contributed by atoms with Gasteiger partial charge in [-0.2, -0.15) is 0 Å². The van der Waals surface area contributed by atoms with E-state index >= 15 is 0 Å². The minimum atomic E-state index is -0.756.